The standard InChI is InChI=1S/C37H39N7O6/c38-35-32(20-29(42-43-35)27-5-1-2-6-31(27)45)50-18-16-23-8-10-24(11-9-23)21-40-33(46)7-3-4-17-39-26-13-12-25-22-44(37(49)28(25)19-26)30-14-15-34(47)41-36(30)48/h1-2,5-6,8-13,19-20,30,39,45H,3-4,7,14-18,21-22H2,(H2,38,43)(H,40,46)(H,41,47,48). The van der Waals surface area contributed by atoms with E-state index in [1.807, 2.05) is 36.4 Å². The van der Waals surface area contributed by atoms with Gasteiger partial charge >= 0.3 is 0 Å². The summed E-state index contributed by atoms with van der Waals surface area (Å²) < 4.78 is 5.88. The van der Waals surface area contributed by atoms with Crippen LogP contribution in [0.2, 0.25) is 0 Å². The number of carbonyl (C=O) groups is 4. The number of hydrogen-bond acceptors (Lipinski definition) is 10. The number of benzene rings is 3. The Kier molecular flexibility index (Phi) is 10.5. The lowest BCUT2D eigenvalue weighted by atomic mass is 10.0. The smallest absolute Gasteiger partial charge is 0.255 e. The van der Waals surface area contributed by atoms with Gasteiger partial charge in [-0.2, -0.15) is 0 Å². The van der Waals surface area contributed by atoms with Gasteiger partial charge in [-0.25, -0.2) is 0 Å². The third-order valence-electron chi connectivity index (χ3n) is 8.81. The van der Waals surface area contributed by atoms with E-state index in [-0.39, 0.29) is 35.7 Å². The molecule has 1 atom stereocenters. The van der Waals surface area contributed by atoms with Crippen molar-refractivity contribution in [2.45, 2.75) is 57.7 Å². The number of aromatic nitrogens is 2. The highest BCUT2D eigenvalue weighted by atomic mass is 16.5. The minimum atomic E-state index is -0.634. The quantitative estimate of drug-likeness (QED) is 0.0972. The van der Waals surface area contributed by atoms with Crippen LogP contribution in [-0.2, 0) is 33.9 Å². The molecule has 0 bridgehead atoms. The van der Waals surface area contributed by atoms with Crippen molar-refractivity contribution in [1.29, 1.82) is 0 Å². The molecule has 13 heteroatoms. The number of carbonyl (C=O) groups excluding carboxylic acids is 4. The van der Waals surface area contributed by atoms with Crippen LogP contribution >= 0.6 is 0 Å². The van der Waals surface area contributed by atoms with E-state index < -0.39 is 11.9 Å². The van der Waals surface area contributed by atoms with Crippen molar-refractivity contribution in [1.82, 2.24) is 25.7 Å². The maximum absolute atomic E-state index is 13.0. The van der Waals surface area contributed by atoms with Crippen LogP contribution in [0.25, 0.3) is 11.3 Å². The van der Waals surface area contributed by atoms with Crippen LogP contribution in [0, 0.1) is 0 Å². The fraction of sp³-hybridized carbons (Fsp3) is 0.297. The Bertz CT molecular complexity index is 1900. The van der Waals surface area contributed by atoms with Gasteiger partial charge in [0.05, 0.1) is 6.61 Å². The van der Waals surface area contributed by atoms with E-state index in [1.54, 1.807) is 36.4 Å². The molecule has 3 aromatic carbocycles. The number of imide groups is 1. The molecule has 258 valence electrons. The third kappa shape index (κ3) is 8.17. The zero-order valence-electron chi connectivity index (χ0n) is 27.5. The number of piperidine rings is 1. The molecule has 1 unspecified atom stereocenters. The largest absolute Gasteiger partial charge is 0.507 e. The molecule has 0 spiro atoms. The summed E-state index contributed by atoms with van der Waals surface area (Å²) in [6, 6.07) is 21.4. The van der Waals surface area contributed by atoms with Crippen molar-refractivity contribution in [3.63, 3.8) is 0 Å². The first-order valence-electron chi connectivity index (χ1n) is 16.7. The number of nitrogens with one attached hydrogen (secondary N) is 3. The zero-order valence-corrected chi connectivity index (χ0v) is 27.5. The van der Waals surface area contributed by atoms with E-state index in [0.29, 0.717) is 74.5 Å². The predicted octanol–water partition coefficient (Wildman–Crippen LogP) is 3.71. The number of anilines is 2. The fourth-order valence-electron chi connectivity index (χ4n) is 6.02. The van der Waals surface area contributed by atoms with Crippen molar-refractivity contribution in [2.75, 3.05) is 24.2 Å². The van der Waals surface area contributed by atoms with E-state index in [2.05, 4.69) is 26.1 Å². The highest BCUT2D eigenvalue weighted by Gasteiger charge is 2.39. The Morgan fingerprint density at radius 3 is 2.58 bits per heavy atom. The molecule has 6 N–H and O–H groups in total. The van der Waals surface area contributed by atoms with Crippen molar-refractivity contribution < 1.29 is 29.0 Å². The number of ether oxygens (including phenoxy) is 1. The summed E-state index contributed by atoms with van der Waals surface area (Å²) >= 11 is 0. The lowest BCUT2D eigenvalue weighted by molar-refractivity contribution is -0.137. The van der Waals surface area contributed by atoms with Crippen molar-refractivity contribution in [3.05, 3.63) is 95.1 Å². The minimum Gasteiger partial charge on any atom is -0.507 e. The van der Waals surface area contributed by atoms with E-state index in [1.165, 1.54) is 4.90 Å². The molecular weight excluding hydrogens is 638 g/mol. The minimum absolute atomic E-state index is 0.0223. The summed E-state index contributed by atoms with van der Waals surface area (Å²) in [5, 5.41) is 26.8. The first-order valence-corrected chi connectivity index (χ1v) is 16.7. The van der Waals surface area contributed by atoms with Crippen LogP contribution in [0.4, 0.5) is 11.5 Å². The van der Waals surface area contributed by atoms with Gasteiger partial charge in [0.1, 0.15) is 17.5 Å². The van der Waals surface area contributed by atoms with Crippen molar-refractivity contribution in [3.8, 4) is 22.8 Å². The van der Waals surface area contributed by atoms with Crippen LogP contribution in [0.15, 0.2) is 72.8 Å². The van der Waals surface area contributed by atoms with Crippen LogP contribution in [0.1, 0.15) is 59.2 Å². The number of para-hydroxylation sites is 1. The van der Waals surface area contributed by atoms with Crippen molar-refractivity contribution in [2.24, 2.45) is 0 Å². The lowest BCUT2D eigenvalue weighted by Crippen LogP contribution is -2.52. The molecule has 1 saturated heterocycles. The maximum Gasteiger partial charge on any atom is 0.255 e. The molecule has 1 aromatic heterocycles. The highest BCUT2D eigenvalue weighted by molar-refractivity contribution is 6.05. The number of nitrogens with zero attached hydrogens (tertiary/aromatic N) is 3. The van der Waals surface area contributed by atoms with Crippen LogP contribution < -0.4 is 26.4 Å². The summed E-state index contributed by atoms with van der Waals surface area (Å²) in [5.74, 6) is -0.293. The molecule has 2 aliphatic heterocycles. The Labute approximate surface area is 289 Å². The van der Waals surface area contributed by atoms with Crippen LogP contribution in [-0.4, -0.2) is 63.0 Å². The zero-order chi connectivity index (χ0) is 35.0. The summed E-state index contributed by atoms with van der Waals surface area (Å²) in [5.41, 5.74) is 11.2. The Morgan fingerprint density at radius 2 is 1.78 bits per heavy atom. The van der Waals surface area contributed by atoms with Crippen molar-refractivity contribution >= 4 is 35.1 Å². The van der Waals surface area contributed by atoms with Gasteiger partial charge in [0.2, 0.25) is 17.7 Å². The van der Waals surface area contributed by atoms with E-state index in [4.69, 9.17) is 10.5 Å². The fourth-order valence-corrected chi connectivity index (χ4v) is 6.02. The maximum atomic E-state index is 13.0. The Hall–Kier alpha value is -5.98. The number of fused-ring (bicyclic) bond motifs is 1. The molecule has 4 aromatic rings. The molecule has 13 nitrogen and oxygen atoms in total. The van der Waals surface area contributed by atoms with Gasteiger partial charge in [0.25, 0.3) is 5.91 Å². The predicted molar refractivity (Wildman–Crippen MR) is 186 cm³/mol. The third-order valence-corrected chi connectivity index (χ3v) is 8.81. The molecule has 4 amide bonds. The second-order valence-corrected chi connectivity index (χ2v) is 12.3. The van der Waals surface area contributed by atoms with Gasteiger partial charge in [0, 0.05) is 61.8 Å². The first kappa shape index (κ1) is 33.9. The average molecular weight is 678 g/mol. The topological polar surface area (TPSA) is 189 Å². The number of phenols is 1. The number of phenolic OH excluding ortho intramolecular Hbond substituents is 1. The number of aromatic hydroxyl groups is 1. The molecular formula is C37H39N7O6. The summed E-state index contributed by atoms with van der Waals surface area (Å²) in [4.78, 5) is 50.8. The van der Waals surface area contributed by atoms with Gasteiger partial charge in [-0.1, -0.05) is 42.5 Å². The number of unbranched alkanes of at least 4 members (excludes halogenated alkanes) is 1. The molecule has 3 heterocycles. The molecule has 1 fully saturated rings. The normalized spacial score (nSPS) is 15.4. The highest BCUT2D eigenvalue weighted by Crippen LogP contribution is 2.31. The molecule has 2 aliphatic rings. The van der Waals surface area contributed by atoms with E-state index in [9.17, 15) is 24.3 Å². The Balaban J connectivity index is 0.872. The number of amides is 4. The summed E-state index contributed by atoms with van der Waals surface area (Å²) in [6.07, 6.45) is 3.07. The summed E-state index contributed by atoms with van der Waals surface area (Å²) in [7, 11) is 0. The van der Waals surface area contributed by atoms with E-state index in [0.717, 1.165) is 28.8 Å². The van der Waals surface area contributed by atoms with Gasteiger partial charge < -0.3 is 31.1 Å². The van der Waals surface area contributed by atoms with Gasteiger partial charge in [0.15, 0.2) is 11.6 Å². The van der Waals surface area contributed by atoms with Gasteiger partial charge in [-0.3, -0.25) is 24.5 Å². The van der Waals surface area contributed by atoms with Gasteiger partial charge in [-0.05, 0) is 60.2 Å². The second kappa shape index (κ2) is 15.5. The number of rotatable bonds is 14. The monoisotopic (exact) mass is 677 g/mol. The summed E-state index contributed by atoms with van der Waals surface area (Å²) in [6.45, 7) is 1.79. The van der Waals surface area contributed by atoms with Gasteiger partial charge in [-0.15, -0.1) is 10.2 Å². The number of nitrogen functional groups attached to an aromatic ring is 1. The second-order valence-electron chi connectivity index (χ2n) is 12.3. The van der Waals surface area contributed by atoms with Crippen LogP contribution in [0.5, 0.6) is 11.5 Å². The molecule has 0 radical (unpaired) electrons. The Morgan fingerprint density at radius 1 is 0.980 bits per heavy atom. The number of hydrogen-bond donors (Lipinski definition) is 5. The molecule has 6 rings (SSSR count). The van der Waals surface area contributed by atoms with Crippen LogP contribution in [0.3, 0.4) is 0 Å². The SMILES string of the molecule is Nc1nnc(-c2ccccc2O)cc1OCCc1ccc(CNC(=O)CCCCNc2ccc3c(c2)C(=O)N(C2CCC(=O)NC2=O)C3)cc1. The average Bonchev–Trinajstić information content (AvgIpc) is 3.43. The first-order chi connectivity index (χ1) is 24.2. The lowest BCUT2D eigenvalue weighted by Gasteiger charge is -2.29. The molecule has 50 heavy (non-hydrogen) atoms. The van der Waals surface area contributed by atoms with E-state index >= 15 is 0 Å². The number of nitrogens with two attached hydrogens (primary N) is 1. The molecule has 0 aliphatic carbocycles. The molecule has 0 saturated carbocycles.